The molecule has 256 valence electrons. The molecule has 46 heavy (non-hydrogen) atoms. The van der Waals surface area contributed by atoms with Crippen molar-refractivity contribution >= 4 is 5.57 Å². The predicted molar refractivity (Wildman–Crippen MR) is 206 cm³/mol. The molecule has 0 saturated carbocycles. The number of aromatic nitrogens is 2. The molecule has 0 aliphatic carbocycles. The molecule has 2 heterocycles. The van der Waals surface area contributed by atoms with E-state index in [2.05, 4.69) is 97.5 Å². The molecule has 0 bridgehead atoms. The fourth-order valence-corrected chi connectivity index (χ4v) is 6.83. The van der Waals surface area contributed by atoms with Crippen molar-refractivity contribution in [3.05, 3.63) is 77.7 Å². The van der Waals surface area contributed by atoms with Crippen molar-refractivity contribution in [2.45, 2.75) is 176 Å². The zero-order valence-electron chi connectivity index (χ0n) is 31.2. The van der Waals surface area contributed by atoms with Crippen LogP contribution < -0.4 is 0 Å². The van der Waals surface area contributed by atoms with E-state index in [0.717, 1.165) is 22.7 Å². The van der Waals surface area contributed by atoms with Gasteiger partial charge in [0, 0.05) is 6.20 Å². The quantitative estimate of drug-likeness (QED) is 0.102. The highest BCUT2D eigenvalue weighted by Gasteiger charge is 2.19. The van der Waals surface area contributed by atoms with E-state index in [9.17, 15) is 0 Å². The first-order valence-electron chi connectivity index (χ1n) is 19.5. The fourth-order valence-electron chi connectivity index (χ4n) is 6.83. The van der Waals surface area contributed by atoms with Crippen molar-refractivity contribution in [1.82, 2.24) is 9.97 Å². The fraction of sp³-hybridized carbons (Fsp3) is 0.636. The molecule has 0 aliphatic heterocycles. The van der Waals surface area contributed by atoms with E-state index in [1.165, 1.54) is 132 Å². The number of unbranched alkanes of at least 4 members (excludes halogenated alkanes) is 6. The van der Waals surface area contributed by atoms with Gasteiger partial charge in [0.25, 0.3) is 0 Å². The average molecular weight is 627 g/mol. The topological polar surface area (TPSA) is 25.8 Å². The summed E-state index contributed by atoms with van der Waals surface area (Å²) in [7, 11) is 0. The van der Waals surface area contributed by atoms with Crippen LogP contribution in [0, 0.1) is 5.92 Å². The van der Waals surface area contributed by atoms with Gasteiger partial charge in [-0.25, -0.2) is 4.98 Å². The van der Waals surface area contributed by atoms with Gasteiger partial charge in [-0.05, 0) is 116 Å². The molecule has 2 aromatic rings. The van der Waals surface area contributed by atoms with E-state index in [-0.39, 0.29) is 0 Å². The Bertz CT molecular complexity index is 1150. The summed E-state index contributed by atoms with van der Waals surface area (Å²) in [4.78, 5) is 10.3. The normalized spacial score (nSPS) is 12.3. The van der Waals surface area contributed by atoms with Crippen molar-refractivity contribution in [2.75, 3.05) is 0 Å². The molecule has 0 unspecified atom stereocenters. The molecular weight excluding hydrogens is 556 g/mol. The van der Waals surface area contributed by atoms with E-state index < -0.39 is 0 Å². The highest BCUT2D eigenvalue weighted by molar-refractivity contribution is 5.73. The minimum atomic E-state index is 0.541. The molecule has 0 spiro atoms. The standard InChI is InChI=1S/C44H70N2/c1-9-16-23-36(24-17-10-2)39(22-15-7)31-35(8)42-33-41(38(27-20-13-5)28-21-14-6)34-44(46-42)43-32-40(29-30-45-43)37(25-18-11-3)26-19-12-4/h15,22,29-34,36-38H,8-14,16-21,23-28H2,1-7H3/b22-15-,39-31+. The van der Waals surface area contributed by atoms with Crippen molar-refractivity contribution in [1.29, 1.82) is 0 Å². The molecule has 0 aromatic carbocycles. The Balaban J connectivity index is 2.68. The lowest BCUT2D eigenvalue weighted by atomic mass is 9.86. The van der Waals surface area contributed by atoms with Gasteiger partial charge < -0.3 is 0 Å². The predicted octanol–water partition coefficient (Wildman–Crippen LogP) is 14.6. The minimum Gasteiger partial charge on any atom is -0.255 e. The number of hydrogen-bond donors (Lipinski definition) is 0. The van der Waals surface area contributed by atoms with Crippen LogP contribution in [0.2, 0.25) is 0 Å². The summed E-state index contributed by atoms with van der Waals surface area (Å²) >= 11 is 0. The first-order valence-corrected chi connectivity index (χ1v) is 19.5. The molecular formula is C44H70N2. The van der Waals surface area contributed by atoms with Gasteiger partial charge in [-0.15, -0.1) is 0 Å². The maximum Gasteiger partial charge on any atom is 0.0896 e. The first kappa shape index (κ1) is 39.7. The molecule has 2 aromatic heterocycles. The summed E-state index contributed by atoms with van der Waals surface area (Å²) in [6.07, 6.45) is 31.4. The zero-order valence-corrected chi connectivity index (χ0v) is 31.2. The lowest BCUT2D eigenvalue weighted by molar-refractivity contribution is 0.483. The molecule has 0 aliphatic rings. The van der Waals surface area contributed by atoms with Crippen LogP contribution in [0.4, 0.5) is 0 Å². The van der Waals surface area contributed by atoms with Crippen LogP contribution >= 0.6 is 0 Å². The van der Waals surface area contributed by atoms with E-state index in [1.807, 2.05) is 6.20 Å². The summed E-state index contributed by atoms with van der Waals surface area (Å²) in [6.45, 7) is 20.6. The third kappa shape index (κ3) is 13.7. The largest absolute Gasteiger partial charge is 0.255 e. The van der Waals surface area contributed by atoms with Crippen LogP contribution in [0.1, 0.15) is 193 Å². The Kier molecular flexibility index (Phi) is 20.5. The van der Waals surface area contributed by atoms with Crippen molar-refractivity contribution < 1.29 is 0 Å². The average Bonchev–Trinajstić information content (AvgIpc) is 3.08. The van der Waals surface area contributed by atoms with Gasteiger partial charge in [0.05, 0.1) is 17.1 Å². The molecule has 2 heteroatoms. The van der Waals surface area contributed by atoms with Crippen LogP contribution in [0.25, 0.3) is 17.0 Å². The second-order valence-electron chi connectivity index (χ2n) is 13.8. The Morgan fingerprint density at radius 2 is 1.13 bits per heavy atom. The number of nitrogens with zero attached hydrogens (tertiary/aromatic N) is 2. The molecule has 0 fully saturated rings. The van der Waals surface area contributed by atoms with Gasteiger partial charge >= 0.3 is 0 Å². The maximum atomic E-state index is 5.34. The molecule has 2 rings (SSSR count). The van der Waals surface area contributed by atoms with Gasteiger partial charge in [0.1, 0.15) is 0 Å². The van der Waals surface area contributed by atoms with Crippen molar-refractivity contribution in [3.8, 4) is 11.4 Å². The van der Waals surface area contributed by atoms with Crippen LogP contribution in [0.3, 0.4) is 0 Å². The van der Waals surface area contributed by atoms with Crippen LogP contribution in [-0.2, 0) is 0 Å². The number of pyridine rings is 2. The SMILES string of the molecule is C=C(/C=C(\C=C/C)C(CCCC)CCCC)c1cc(C(CCCC)CCCC)cc(-c2cc(C(CCCC)CCCC)ccn2)n1. The number of allylic oxidation sites excluding steroid dienone is 5. The van der Waals surface area contributed by atoms with Crippen LogP contribution in [0.5, 0.6) is 0 Å². The van der Waals surface area contributed by atoms with E-state index in [0.29, 0.717) is 17.8 Å². The lowest BCUT2D eigenvalue weighted by Crippen LogP contribution is -2.06. The van der Waals surface area contributed by atoms with E-state index in [1.54, 1.807) is 0 Å². The second-order valence-corrected chi connectivity index (χ2v) is 13.8. The van der Waals surface area contributed by atoms with Gasteiger partial charge in [-0.1, -0.05) is 137 Å². The molecule has 0 radical (unpaired) electrons. The molecule has 2 nitrogen and oxygen atoms in total. The van der Waals surface area contributed by atoms with Crippen LogP contribution in [-0.4, -0.2) is 9.97 Å². The Labute approximate surface area is 285 Å². The third-order valence-electron chi connectivity index (χ3n) is 9.77. The summed E-state index contributed by atoms with van der Waals surface area (Å²) in [6, 6.07) is 9.35. The Morgan fingerprint density at radius 3 is 1.63 bits per heavy atom. The summed E-state index contributed by atoms with van der Waals surface area (Å²) < 4.78 is 0. The van der Waals surface area contributed by atoms with Crippen molar-refractivity contribution in [2.24, 2.45) is 5.92 Å². The van der Waals surface area contributed by atoms with E-state index in [4.69, 9.17) is 9.97 Å². The third-order valence-corrected chi connectivity index (χ3v) is 9.77. The molecule has 0 atom stereocenters. The smallest absolute Gasteiger partial charge is 0.0896 e. The van der Waals surface area contributed by atoms with Crippen LogP contribution in [0.15, 0.2) is 60.8 Å². The Hall–Kier alpha value is -2.48. The van der Waals surface area contributed by atoms with Gasteiger partial charge in [0.2, 0.25) is 0 Å². The Morgan fingerprint density at radius 1 is 0.652 bits per heavy atom. The zero-order chi connectivity index (χ0) is 33.6. The highest BCUT2D eigenvalue weighted by atomic mass is 14.8. The number of hydrogen-bond acceptors (Lipinski definition) is 2. The van der Waals surface area contributed by atoms with Gasteiger partial charge in [0.15, 0.2) is 0 Å². The lowest BCUT2D eigenvalue weighted by Gasteiger charge is -2.21. The number of rotatable bonds is 25. The van der Waals surface area contributed by atoms with Gasteiger partial charge in [-0.3, -0.25) is 4.98 Å². The first-order chi connectivity index (χ1) is 22.5. The maximum absolute atomic E-state index is 5.34. The molecule has 0 N–H and O–H groups in total. The second kappa shape index (κ2) is 23.8. The van der Waals surface area contributed by atoms with Crippen molar-refractivity contribution in [3.63, 3.8) is 0 Å². The molecule has 0 amide bonds. The van der Waals surface area contributed by atoms with Gasteiger partial charge in [-0.2, -0.15) is 0 Å². The monoisotopic (exact) mass is 627 g/mol. The summed E-state index contributed by atoms with van der Waals surface area (Å²) in [5, 5.41) is 0. The highest BCUT2D eigenvalue weighted by Crippen LogP contribution is 2.35. The summed E-state index contributed by atoms with van der Waals surface area (Å²) in [5.74, 6) is 1.70. The minimum absolute atomic E-state index is 0.541. The molecule has 0 saturated heterocycles. The van der Waals surface area contributed by atoms with E-state index >= 15 is 0 Å². The summed E-state index contributed by atoms with van der Waals surface area (Å²) in [5.41, 5.74) is 8.31.